The van der Waals surface area contributed by atoms with Crippen molar-refractivity contribution in [1.82, 2.24) is 0 Å². The average molecular weight is 155 g/mol. The van der Waals surface area contributed by atoms with Crippen LogP contribution in [0.15, 0.2) is 0 Å². The van der Waals surface area contributed by atoms with Gasteiger partial charge in [-0.05, 0) is 0 Å². The van der Waals surface area contributed by atoms with Gasteiger partial charge in [-0.2, -0.15) is 4.21 Å². The molecular formula is H4Cl2O3S. The van der Waals surface area contributed by atoms with Gasteiger partial charge in [0.1, 0.15) is 0 Å². The molecule has 0 saturated carbocycles. The van der Waals surface area contributed by atoms with Gasteiger partial charge < -0.3 is 0 Å². The summed E-state index contributed by atoms with van der Waals surface area (Å²) in [4.78, 5) is 0. The zero-order valence-corrected chi connectivity index (χ0v) is 4.98. The molecular weight excluding hydrogens is 151 g/mol. The Bertz CT molecular complexity index is 31.8. The maximum Gasteiger partial charge on any atom is 0.299 e. The first-order valence-electron chi connectivity index (χ1n) is 0.532. The Hall–Kier alpha value is 0.650. The Morgan fingerprint density at radius 3 is 1.17 bits per heavy atom. The van der Waals surface area contributed by atoms with Crippen molar-refractivity contribution in [1.29, 1.82) is 0 Å². The van der Waals surface area contributed by atoms with Crippen molar-refractivity contribution in [2.24, 2.45) is 0 Å². The van der Waals surface area contributed by atoms with Gasteiger partial charge in [-0.15, -0.1) is 24.8 Å². The fraction of sp³-hybridized carbons (Fsp3) is 0. The van der Waals surface area contributed by atoms with Gasteiger partial charge in [0, 0.05) is 0 Å². The number of rotatable bonds is 0. The molecule has 0 amide bonds. The third kappa shape index (κ3) is 147. The molecule has 0 spiro atoms. The van der Waals surface area contributed by atoms with Crippen molar-refractivity contribution < 1.29 is 13.3 Å². The van der Waals surface area contributed by atoms with Gasteiger partial charge in [0.15, 0.2) is 0 Å². The average Bonchev–Trinajstić information content (AvgIpc) is 0.811. The van der Waals surface area contributed by atoms with E-state index in [0.717, 1.165) is 0 Å². The summed E-state index contributed by atoms with van der Waals surface area (Å²) in [7, 11) is 0. The Labute approximate surface area is 50.1 Å². The summed E-state index contributed by atoms with van der Waals surface area (Å²) in [5.74, 6) is 0. The van der Waals surface area contributed by atoms with Crippen LogP contribution >= 0.6 is 24.8 Å². The van der Waals surface area contributed by atoms with E-state index in [2.05, 4.69) is 0 Å². The maximum absolute atomic E-state index is 8.67. The minimum atomic E-state index is -2.61. The molecule has 42 valence electrons. The second-order valence-electron chi connectivity index (χ2n) is 0.231. The highest BCUT2D eigenvalue weighted by molar-refractivity contribution is 7.73. The van der Waals surface area contributed by atoms with Gasteiger partial charge >= 0.3 is 0 Å². The highest BCUT2D eigenvalue weighted by Crippen LogP contribution is 1.44. The standard InChI is InChI=1S/2ClH.H2O3S/c;;1-4(2)3/h2*1H;(H2,1,2,3). The Morgan fingerprint density at radius 1 is 1.17 bits per heavy atom. The molecule has 0 heterocycles. The summed E-state index contributed by atoms with van der Waals surface area (Å²) < 4.78 is 22.8. The summed E-state index contributed by atoms with van der Waals surface area (Å²) >= 11 is -2.61. The molecule has 2 N–H and O–H groups in total. The molecule has 0 bridgehead atoms. The molecule has 0 aromatic carbocycles. The van der Waals surface area contributed by atoms with Crippen LogP contribution in [-0.2, 0) is 11.4 Å². The molecule has 0 aliphatic heterocycles. The van der Waals surface area contributed by atoms with Crippen LogP contribution in [0.5, 0.6) is 0 Å². The highest BCUT2D eigenvalue weighted by Gasteiger charge is 1.62. The van der Waals surface area contributed by atoms with Crippen LogP contribution in [0.4, 0.5) is 0 Å². The summed E-state index contributed by atoms with van der Waals surface area (Å²) in [6, 6.07) is 0. The van der Waals surface area contributed by atoms with Crippen molar-refractivity contribution in [3.63, 3.8) is 0 Å². The third-order valence-electron chi connectivity index (χ3n) is 0. The zero-order valence-electron chi connectivity index (χ0n) is 2.53. The molecule has 3 nitrogen and oxygen atoms in total. The van der Waals surface area contributed by atoms with Crippen LogP contribution in [0.1, 0.15) is 0 Å². The monoisotopic (exact) mass is 154 g/mol. The predicted octanol–water partition coefficient (Wildman–Crippen LogP) is 0.525. The van der Waals surface area contributed by atoms with E-state index >= 15 is 0 Å². The highest BCUT2D eigenvalue weighted by atomic mass is 35.5. The minimum Gasteiger partial charge on any atom is -0.284 e. The van der Waals surface area contributed by atoms with Crippen molar-refractivity contribution in [3.8, 4) is 0 Å². The molecule has 0 aromatic heterocycles. The molecule has 0 atom stereocenters. The lowest BCUT2D eigenvalue weighted by Gasteiger charge is -1.59. The molecule has 0 aromatic rings. The summed E-state index contributed by atoms with van der Waals surface area (Å²) in [5, 5.41) is 0. The lowest BCUT2D eigenvalue weighted by atomic mass is 15.8. The van der Waals surface area contributed by atoms with E-state index in [1.165, 1.54) is 0 Å². The third-order valence-corrected chi connectivity index (χ3v) is 0. The summed E-state index contributed by atoms with van der Waals surface area (Å²) in [6.45, 7) is 0. The van der Waals surface area contributed by atoms with Crippen LogP contribution in [0.25, 0.3) is 0 Å². The van der Waals surface area contributed by atoms with E-state index in [0.29, 0.717) is 0 Å². The van der Waals surface area contributed by atoms with Crippen molar-refractivity contribution in [3.05, 3.63) is 0 Å². The van der Waals surface area contributed by atoms with E-state index in [1.807, 2.05) is 0 Å². The number of hydrogen-bond acceptors (Lipinski definition) is 1. The first kappa shape index (κ1) is 15.9. The molecule has 6 heavy (non-hydrogen) atoms. The van der Waals surface area contributed by atoms with E-state index in [4.69, 9.17) is 13.3 Å². The van der Waals surface area contributed by atoms with Gasteiger partial charge in [0.25, 0.3) is 11.4 Å². The van der Waals surface area contributed by atoms with Crippen LogP contribution in [0.3, 0.4) is 0 Å². The van der Waals surface area contributed by atoms with E-state index in [9.17, 15) is 0 Å². The molecule has 0 radical (unpaired) electrons. The van der Waals surface area contributed by atoms with Gasteiger partial charge in [-0.25, -0.2) is 0 Å². The summed E-state index contributed by atoms with van der Waals surface area (Å²) in [6.07, 6.45) is 0. The molecule has 0 aliphatic rings. The molecule has 0 rings (SSSR count). The minimum absolute atomic E-state index is 0. The lowest BCUT2D eigenvalue weighted by molar-refractivity contribution is 0.454. The Balaban J connectivity index is -0.0000000450. The topological polar surface area (TPSA) is 57.5 Å². The molecule has 0 unspecified atom stereocenters. The molecule has 0 aliphatic carbocycles. The van der Waals surface area contributed by atoms with E-state index < -0.39 is 11.4 Å². The Morgan fingerprint density at radius 2 is 1.17 bits per heavy atom. The predicted molar refractivity (Wildman–Crippen MR) is 27.9 cm³/mol. The fourth-order valence-electron chi connectivity index (χ4n) is 0. The van der Waals surface area contributed by atoms with Crippen LogP contribution in [0.2, 0.25) is 0 Å². The largest absolute Gasteiger partial charge is 0.299 e. The van der Waals surface area contributed by atoms with Crippen LogP contribution < -0.4 is 0 Å². The normalized spacial score (nSPS) is 5.83. The quantitative estimate of drug-likeness (QED) is 0.501. The van der Waals surface area contributed by atoms with Crippen LogP contribution in [-0.4, -0.2) is 13.3 Å². The number of halogens is 2. The van der Waals surface area contributed by atoms with E-state index in [-0.39, 0.29) is 24.8 Å². The maximum atomic E-state index is 8.67. The van der Waals surface area contributed by atoms with Crippen LogP contribution in [0, 0.1) is 0 Å². The molecule has 0 saturated heterocycles. The molecule has 6 heteroatoms. The molecule has 0 fully saturated rings. The second kappa shape index (κ2) is 9.17. The first-order chi connectivity index (χ1) is 1.73. The van der Waals surface area contributed by atoms with Gasteiger partial charge in [-0.1, -0.05) is 0 Å². The lowest BCUT2D eigenvalue weighted by Crippen LogP contribution is -1.74. The Kier molecular flexibility index (Phi) is 24.4. The van der Waals surface area contributed by atoms with Gasteiger partial charge in [-0.3, -0.25) is 9.11 Å². The van der Waals surface area contributed by atoms with Crippen molar-refractivity contribution in [2.45, 2.75) is 0 Å². The second-order valence-corrected chi connectivity index (χ2v) is 0.692. The van der Waals surface area contributed by atoms with E-state index in [1.54, 1.807) is 0 Å². The summed E-state index contributed by atoms with van der Waals surface area (Å²) in [5.41, 5.74) is 0. The van der Waals surface area contributed by atoms with Gasteiger partial charge in [0.05, 0.1) is 0 Å². The van der Waals surface area contributed by atoms with Crippen molar-refractivity contribution >= 4 is 36.2 Å². The SMILES string of the molecule is Cl.Cl.O=S(O)O. The zero-order chi connectivity index (χ0) is 3.58. The number of hydrogen-bond donors (Lipinski definition) is 2. The fourth-order valence-corrected chi connectivity index (χ4v) is 0. The smallest absolute Gasteiger partial charge is 0.284 e. The van der Waals surface area contributed by atoms with Gasteiger partial charge in [0.2, 0.25) is 0 Å². The first-order valence-corrected chi connectivity index (χ1v) is 1.60. The van der Waals surface area contributed by atoms with Crippen molar-refractivity contribution in [2.75, 3.05) is 0 Å².